The first-order chi connectivity index (χ1) is 15.1. The predicted molar refractivity (Wildman–Crippen MR) is 121 cm³/mol. The number of hydrogen-bond donors (Lipinski definition) is 2. The molecule has 1 amide bonds. The van der Waals surface area contributed by atoms with Gasteiger partial charge in [0.15, 0.2) is 12.4 Å². The molecular weight excluding hydrogens is 392 g/mol. The summed E-state index contributed by atoms with van der Waals surface area (Å²) in [6.07, 6.45) is 1.94. The van der Waals surface area contributed by atoms with E-state index in [1.807, 2.05) is 61.5 Å². The largest absolute Gasteiger partial charge is 0.497 e. The number of rotatable bonds is 7. The van der Waals surface area contributed by atoms with Crippen molar-refractivity contribution in [1.82, 2.24) is 15.5 Å². The molecule has 1 aliphatic rings. The Morgan fingerprint density at radius 2 is 1.90 bits per heavy atom. The summed E-state index contributed by atoms with van der Waals surface area (Å²) < 4.78 is 10.8. The van der Waals surface area contributed by atoms with Gasteiger partial charge in [-0.15, -0.1) is 0 Å². The number of carbonyl (C=O) groups is 1. The summed E-state index contributed by atoms with van der Waals surface area (Å²) in [5.74, 6) is 2.31. The van der Waals surface area contributed by atoms with E-state index in [9.17, 15) is 4.79 Å². The number of anilines is 1. The van der Waals surface area contributed by atoms with Crippen LogP contribution in [-0.2, 0) is 4.79 Å². The number of H-pyrrole nitrogens is 1. The van der Waals surface area contributed by atoms with Crippen LogP contribution < -0.4 is 19.7 Å². The number of methoxy groups -OCH3 is 1. The molecule has 1 unspecified atom stereocenters. The summed E-state index contributed by atoms with van der Waals surface area (Å²) in [6.45, 7) is 3.68. The van der Waals surface area contributed by atoms with E-state index >= 15 is 0 Å². The van der Waals surface area contributed by atoms with Crippen molar-refractivity contribution in [1.29, 1.82) is 0 Å². The molecule has 2 heterocycles. The van der Waals surface area contributed by atoms with Crippen molar-refractivity contribution in [2.24, 2.45) is 0 Å². The van der Waals surface area contributed by atoms with E-state index < -0.39 is 0 Å². The number of amides is 1. The molecule has 0 bridgehead atoms. The van der Waals surface area contributed by atoms with Crippen LogP contribution in [0.3, 0.4) is 0 Å². The Kier molecular flexibility index (Phi) is 6.40. The zero-order valence-electron chi connectivity index (χ0n) is 17.9. The molecule has 3 aromatic rings. The molecule has 1 aliphatic heterocycles. The number of nitrogens with one attached hydrogen (secondary N) is 2. The number of nitrogens with zero attached hydrogens (tertiary/aromatic N) is 2. The molecule has 1 fully saturated rings. The summed E-state index contributed by atoms with van der Waals surface area (Å²) in [6, 6.07) is 17.7. The number of aromatic nitrogens is 2. The topological polar surface area (TPSA) is 79.5 Å². The minimum atomic E-state index is -0.103. The molecule has 162 valence electrons. The van der Waals surface area contributed by atoms with E-state index in [4.69, 9.17) is 9.47 Å². The SMILES string of the molecule is COc1ccc(-c2cc(N3CCCC(NC(=O)COc4ccc(C)cc4)C3)n[nH]2)cc1. The molecule has 0 radical (unpaired) electrons. The molecule has 31 heavy (non-hydrogen) atoms. The molecule has 0 aliphatic carbocycles. The van der Waals surface area contributed by atoms with Gasteiger partial charge in [0, 0.05) is 25.2 Å². The maximum Gasteiger partial charge on any atom is 0.258 e. The first kappa shape index (κ1) is 20.8. The standard InChI is InChI=1S/C24H28N4O3/c1-17-5-9-21(10-6-17)31-16-24(29)25-19-4-3-13-28(15-19)23-14-22(26-27-23)18-7-11-20(30-2)12-8-18/h5-12,14,19H,3-4,13,15-16H2,1-2H3,(H,25,29)(H,26,27). The summed E-state index contributed by atoms with van der Waals surface area (Å²) in [5, 5.41) is 10.7. The van der Waals surface area contributed by atoms with Crippen molar-refractivity contribution in [3.8, 4) is 22.8 Å². The fraction of sp³-hybridized carbons (Fsp3) is 0.333. The number of hydrogen-bond acceptors (Lipinski definition) is 5. The first-order valence-electron chi connectivity index (χ1n) is 10.5. The number of carbonyl (C=O) groups excluding carboxylic acids is 1. The quantitative estimate of drug-likeness (QED) is 0.611. The number of aryl methyl sites for hydroxylation is 1. The number of ether oxygens (including phenoxy) is 2. The summed E-state index contributed by atoms with van der Waals surface area (Å²) in [4.78, 5) is 14.6. The van der Waals surface area contributed by atoms with Crippen LogP contribution in [0.1, 0.15) is 18.4 Å². The molecule has 4 rings (SSSR count). The molecule has 0 spiro atoms. The van der Waals surface area contributed by atoms with Crippen molar-refractivity contribution in [3.63, 3.8) is 0 Å². The summed E-state index contributed by atoms with van der Waals surface area (Å²) >= 11 is 0. The Balaban J connectivity index is 1.31. The van der Waals surface area contributed by atoms with E-state index in [1.165, 1.54) is 0 Å². The van der Waals surface area contributed by atoms with Crippen molar-refractivity contribution in [2.45, 2.75) is 25.8 Å². The predicted octanol–water partition coefficient (Wildman–Crippen LogP) is 3.56. The molecule has 1 aromatic heterocycles. The fourth-order valence-corrected chi connectivity index (χ4v) is 3.75. The van der Waals surface area contributed by atoms with Gasteiger partial charge in [0.05, 0.1) is 12.8 Å². The second-order valence-corrected chi connectivity index (χ2v) is 7.82. The van der Waals surface area contributed by atoms with Gasteiger partial charge in [-0.2, -0.15) is 5.10 Å². The van der Waals surface area contributed by atoms with E-state index in [0.29, 0.717) is 5.75 Å². The van der Waals surface area contributed by atoms with Crippen molar-refractivity contribution in [2.75, 3.05) is 31.7 Å². The first-order valence-corrected chi connectivity index (χ1v) is 10.5. The van der Waals surface area contributed by atoms with Crippen LogP contribution in [0.15, 0.2) is 54.6 Å². The Morgan fingerprint density at radius 1 is 1.16 bits per heavy atom. The Bertz CT molecular complexity index is 998. The average Bonchev–Trinajstić information content (AvgIpc) is 3.29. The van der Waals surface area contributed by atoms with Gasteiger partial charge in [-0.3, -0.25) is 9.89 Å². The molecule has 0 saturated carbocycles. The van der Waals surface area contributed by atoms with E-state index in [2.05, 4.69) is 20.4 Å². The van der Waals surface area contributed by atoms with E-state index in [1.54, 1.807) is 7.11 Å². The van der Waals surface area contributed by atoms with Gasteiger partial charge in [-0.25, -0.2) is 0 Å². The Hall–Kier alpha value is -3.48. The molecule has 2 N–H and O–H groups in total. The van der Waals surface area contributed by atoms with Crippen LogP contribution in [0.25, 0.3) is 11.3 Å². The molecule has 7 heteroatoms. The number of aromatic amines is 1. The van der Waals surface area contributed by atoms with Gasteiger partial charge in [-0.05, 0) is 61.7 Å². The highest BCUT2D eigenvalue weighted by Gasteiger charge is 2.23. The lowest BCUT2D eigenvalue weighted by molar-refractivity contribution is -0.123. The zero-order valence-corrected chi connectivity index (χ0v) is 17.9. The van der Waals surface area contributed by atoms with Crippen LogP contribution in [0, 0.1) is 6.92 Å². The van der Waals surface area contributed by atoms with Gasteiger partial charge in [0.25, 0.3) is 5.91 Å². The maximum atomic E-state index is 12.3. The molecule has 1 atom stereocenters. The van der Waals surface area contributed by atoms with Gasteiger partial charge < -0.3 is 19.7 Å². The molecular formula is C24H28N4O3. The lowest BCUT2D eigenvalue weighted by atomic mass is 10.1. The van der Waals surface area contributed by atoms with Gasteiger partial charge in [0.2, 0.25) is 0 Å². The second kappa shape index (κ2) is 9.55. The minimum absolute atomic E-state index is 0.0174. The van der Waals surface area contributed by atoms with Crippen molar-refractivity contribution < 1.29 is 14.3 Å². The summed E-state index contributed by atoms with van der Waals surface area (Å²) in [7, 11) is 1.66. The molecule has 2 aromatic carbocycles. The summed E-state index contributed by atoms with van der Waals surface area (Å²) in [5.41, 5.74) is 3.16. The third kappa shape index (κ3) is 5.36. The normalized spacial score (nSPS) is 16.1. The number of benzene rings is 2. The highest BCUT2D eigenvalue weighted by molar-refractivity contribution is 5.78. The van der Waals surface area contributed by atoms with Crippen molar-refractivity contribution >= 4 is 11.7 Å². The minimum Gasteiger partial charge on any atom is -0.497 e. The zero-order chi connectivity index (χ0) is 21.6. The Labute approximate surface area is 182 Å². The third-order valence-electron chi connectivity index (χ3n) is 5.47. The van der Waals surface area contributed by atoms with Crippen LogP contribution in [0.5, 0.6) is 11.5 Å². The van der Waals surface area contributed by atoms with Crippen LogP contribution in [0.4, 0.5) is 5.82 Å². The van der Waals surface area contributed by atoms with Gasteiger partial charge in [-0.1, -0.05) is 17.7 Å². The van der Waals surface area contributed by atoms with Crippen molar-refractivity contribution in [3.05, 3.63) is 60.2 Å². The fourth-order valence-electron chi connectivity index (χ4n) is 3.75. The molecule has 7 nitrogen and oxygen atoms in total. The number of piperidine rings is 1. The highest BCUT2D eigenvalue weighted by atomic mass is 16.5. The maximum absolute atomic E-state index is 12.3. The smallest absolute Gasteiger partial charge is 0.258 e. The lowest BCUT2D eigenvalue weighted by Gasteiger charge is -2.33. The van der Waals surface area contributed by atoms with Gasteiger partial charge >= 0.3 is 0 Å². The highest BCUT2D eigenvalue weighted by Crippen LogP contribution is 2.25. The van der Waals surface area contributed by atoms with Crippen LogP contribution in [-0.4, -0.2) is 49.0 Å². The lowest BCUT2D eigenvalue weighted by Crippen LogP contribution is -2.49. The van der Waals surface area contributed by atoms with E-state index in [-0.39, 0.29) is 18.6 Å². The van der Waals surface area contributed by atoms with Crippen LogP contribution in [0.2, 0.25) is 0 Å². The Morgan fingerprint density at radius 3 is 2.65 bits per heavy atom. The third-order valence-corrected chi connectivity index (χ3v) is 5.47. The second-order valence-electron chi connectivity index (χ2n) is 7.82. The van der Waals surface area contributed by atoms with E-state index in [0.717, 1.165) is 54.3 Å². The average molecular weight is 421 g/mol. The monoisotopic (exact) mass is 420 g/mol. The molecule has 1 saturated heterocycles. The van der Waals surface area contributed by atoms with Crippen LogP contribution >= 0.6 is 0 Å². The van der Waals surface area contributed by atoms with Gasteiger partial charge in [0.1, 0.15) is 11.5 Å².